The van der Waals surface area contributed by atoms with Crippen LogP contribution in [0.3, 0.4) is 0 Å². The second kappa shape index (κ2) is 13.7. The van der Waals surface area contributed by atoms with Crippen molar-refractivity contribution >= 4 is 28.6 Å². The molecule has 1 saturated heterocycles. The molecule has 2 heterocycles. The summed E-state index contributed by atoms with van der Waals surface area (Å²) >= 11 is 1.50. The average molecular weight is 579 g/mol. The van der Waals surface area contributed by atoms with Gasteiger partial charge in [-0.1, -0.05) is 0 Å². The molecule has 10 heteroatoms. The number of fused-ring (bicyclic) bond motifs is 1. The Morgan fingerprint density at radius 3 is 2.62 bits per heavy atom. The van der Waals surface area contributed by atoms with Gasteiger partial charge in [0.2, 0.25) is 0 Å². The number of carbonyl (C=O) groups is 1. The minimum Gasteiger partial charge on any atom is -0.497 e. The first-order valence-corrected chi connectivity index (χ1v) is 14.4. The van der Waals surface area contributed by atoms with Crippen molar-refractivity contribution in [3.8, 4) is 5.75 Å². The zero-order chi connectivity index (χ0) is 28.7. The summed E-state index contributed by atoms with van der Waals surface area (Å²) < 4.78 is 59.2. The number of halogens is 4. The lowest BCUT2D eigenvalue weighted by Crippen LogP contribution is -2.41. The number of alkyl halides is 4. The molecular formula is C30H34F4N2O3S. The van der Waals surface area contributed by atoms with E-state index in [2.05, 4.69) is 9.88 Å². The van der Waals surface area contributed by atoms with Crippen molar-refractivity contribution in [1.29, 1.82) is 0 Å². The quantitative estimate of drug-likeness (QED) is 0.176. The topological polar surface area (TPSA) is 62.7 Å². The highest BCUT2D eigenvalue weighted by molar-refractivity contribution is 7.99. The smallest absolute Gasteiger partial charge is 0.416 e. The number of nitrogens with zero attached hydrogens (tertiary/aromatic N) is 2. The molecule has 3 aromatic rings. The third-order valence-corrected chi connectivity index (χ3v) is 8.67. The number of aliphatic carboxylic acids is 1. The monoisotopic (exact) mass is 578 g/mol. The minimum absolute atomic E-state index is 0.0726. The summed E-state index contributed by atoms with van der Waals surface area (Å²) in [5, 5.41) is 10.0. The van der Waals surface area contributed by atoms with Crippen molar-refractivity contribution in [3.63, 3.8) is 0 Å². The maximum atomic E-state index is 15.6. The second-order valence-corrected chi connectivity index (χ2v) is 11.4. The molecule has 0 aliphatic carbocycles. The van der Waals surface area contributed by atoms with Gasteiger partial charge >= 0.3 is 12.1 Å². The Bertz CT molecular complexity index is 1270. The lowest BCUT2D eigenvalue weighted by Gasteiger charge is -2.39. The zero-order valence-electron chi connectivity index (χ0n) is 22.4. The van der Waals surface area contributed by atoms with Crippen molar-refractivity contribution in [3.05, 3.63) is 65.9 Å². The van der Waals surface area contributed by atoms with Crippen LogP contribution in [-0.4, -0.2) is 53.5 Å². The summed E-state index contributed by atoms with van der Waals surface area (Å²) in [4.78, 5) is 18.7. The van der Waals surface area contributed by atoms with Crippen LogP contribution in [0.5, 0.6) is 5.75 Å². The van der Waals surface area contributed by atoms with Gasteiger partial charge in [0.25, 0.3) is 0 Å². The molecule has 0 saturated carbocycles. The molecule has 1 unspecified atom stereocenters. The van der Waals surface area contributed by atoms with Crippen LogP contribution in [0.15, 0.2) is 59.6 Å². The van der Waals surface area contributed by atoms with Gasteiger partial charge in [0.05, 0.1) is 18.2 Å². The van der Waals surface area contributed by atoms with Gasteiger partial charge in [-0.15, -0.1) is 11.8 Å². The SMILES string of the molecule is COc1ccc2nccc(C(F)CC[C@@H]3CCN(CCSc4ccc(C(F)(F)F)cc4)C[C@@H]3CCC(=O)O)c2c1. The second-order valence-electron chi connectivity index (χ2n) is 10.2. The fourth-order valence-electron chi connectivity index (χ4n) is 5.47. The normalized spacial score (nSPS) is 19.0. The van der Waals surface area contributed by atoms with Crippen LogP contribution in [0.25, 0.3) is 10.9 Å². The highest BCUT2D eigenvalue weighted by Crippen LogP contribution is 2.37. The third-order valence-electron chi connectivity index (χ3n) is 7.67. The molecule has 0 amide bonds. The summed E-state index contributed by atoms with van der Waals surface area (Å²) in [6.07, 6.45) is -1.43. The van der Waals surface area contributed by atoms with Gasteiger partial charge in [0, 0.05) is 41.7 Å². The highest BCUT2D eigenvalue weighted by atomic mass is 32.2. The van der Waals surface area contributed by atoms with E-state index in [9.17, 15) is 23.1 Å². The van der Waals surface area contributed by atoms with E-state index in [1.54, 1.807) is 31.5 Å². The van der Waals surface area contributed by atoms with Crippen LogP contribution in [0.1, 0.15) is 49.4 Å². The Kier molecular flexibility index (Phi) is 10.3. The maximum absolute atomic E-state index is 15.6. The summed E-state index contributed by atoms with van der Waals surface area (Å²) in [6.45, 7) is 2.31. The minimum atomic E-state index is -4.35. The Morgan fingerprint density at radius 1 is 1.15 bits per heavy atom. The molecule has 0 bridgehead atoms. The number of aromatic nitrogens is 1. The lowest BCUT2D eigenvalue weighted by atomic mass is 9.79. The molecule has 1 fully saturated rings. The van der Waals surface area contributed by atoms with Gasteiger partial charge in [0.1, 0.15) is 11.9 Å². The number of ether oxygens (including phenoxy) is 1. The van der Waals surface area contributed by atoms with E-state index in [1.807, 2.05) is 6.07 Å². The largest absolute Gasteiger partial charge is 0.497 e. The molecule has 3 atom stereocenters. The number of likely N-dealkylation sites (tertiary alicyclic amines) is 1. The van der Waals surface area contributed by atoms with Crippen LogP contribution >= 0.6 is 11.8 Å². The van der Waals surface area contributed by atoms with Crippen molar-refractivity contribution in [2.45, 2.75) is 49.3 Å². The lowest BCUT2D eigenvalue weighted by molar-refractivity contribution is -0.138. The summed E-state index contributed by atoms with van der Waals surface area (Å²) in [5.41, 5.74) is 0.638. The first-order chi connectivity index (χ1) is 19.1. The molecule has 1 aliphatic rings. The Labute approximate surface area is 235 Å². The molecule has 1 aliphatic heterocycles. The maximum Gasteiger partial charge on any atom is 0.416 e. The molecule has 5 nitrogen and oxygen atoms in total. The molecule has 0 spiro atoms. The number of hydrogen-bond donors (Lipinski definition) is 1. The molecular weight excluding hydrogens is 544 g/mol. The van der Waals surface area contributed by atoms with Gasteiger partial charge in [0.15, 0.2) is 0 Å². The number of carboxylic acid groups (broad SMARTS) is 1. The first-order valence-electron chi connectivity index (χ1n) is 13.4. The van der Waals surface area contributed by atoms with Gasteiger partial charge in [-0.3, -0.25) is 9.78 Å². The zero-order valence-corrected chi connectivity index (χ0v) is 23.2. The van der Waals surface area contributed by atoms with Crippen LogP contribution in [0.2, 0.25) is 0 Å². The standard InChI is InChI=1S/C30H34F4N2O3S/c1-39-23-6-10-28-26(18-23)25(12-14-35-28)27(31)9-2-20-13-15-36(19-21(20)3-11-29(37)38)16-17-40-24-7-4-22(5-8-24)30(32,33)34/h4-8,10,12,14,18,20-21,27H,2-3,9,11,13,15-17,19H2,1H3,(H,37,38)/t20-,21+,27?/m1/s1. The van der Waals surface area contributed by atoms with Crippen molar-refractivity contribution in [2.75, 3.05) is 32.5 Å². The van der Waals surface area contributed by atoms with Crippen LogP contribution in [0, 0.1) is 11.8 Å². The van der Waals surface area contributed by atoms with Crippen LogP contribution in [-0.2, 0) is 11.0 Å². The molecule has 40 heavy (non-hydrogen) atoms. The van der Waals surface area contributed by atoms with E-state index in [4.69, 9.17) is 4.74 Å². The van der Waals surface area contributed by atoms with E-state index in [-0.39, 0.29) is 18.3 Å². The highest BCUT2D eigenvalue weighted by Gasteiger charge is 2.31. The average Bonchev–Trinajstić information content (AvgIpc) is 2.94. The van der Waals surface area contributed by atoms with E-state index in [1.165, 1.54) is 23.9 Å². The predicted octanol–water partition coefficient (Wildman–Crippen LogP) is 7.65. The molecule has 0 radical (unpaired) electrons. The van der Waals surface area contributed by atoms with Crippen LogP contribution in [0.4, 0.5) is 17.6 Å². The number of carboxylic acids is 1. The van der Waals surface area contributed by atoms with Crippen molar-refractivity contribution in [2.24, 2.45) is 11.8 Å². The third kappa shape index (κ3) is 8.10. The molecule has 4 rings (SSSR count). The van der Waals surface area contributed by atoms with E-state index >= 15 is 4.39 Å². The summed E-state index contributed by atoms with van der Waals surface area (Å²) in [5.74, 6) is 0.884. The summed E-state index contributed by atoms with van der Waals surface area (Å²) in [6, 6.07) is 12.3. The number of pyridine rings is 1. The fourth-order valence-corrected chi connectivity index (χ4v) is 6.38. The van der Waals surface area contributed by atoms with Crippen molar-refractivity contribution in [1.82, 2.24) is 9.88 Å². The van der Waals surface area contributed by atoms with Gasteiger partial charge in [-0.25, -0.2) is 4.39 Å². The molecule has 1 N–H and O–H groups in total. The Hall–Kier alpha value is -2.85. The number of piperidine rings is 1. The molecule has 216 valence electrons. The van der Waals surface area contributed by atoms with Gasteiger partial charge in [-0.2, -0.15) is 13.2 Å². The van der Waals surface area contributed by atoms with E-state index < -0.39 is 23.9 Å². The summed E-state index contributed by atoms with van der Waals surface area (Å²) in [7, 11) is 1.57. The first kappa shape index (κ1) is 30.1. The van der Waals surface area contributed by atoms with E-state index in [0.717, 1.165) is 48.5 Å². The number of benzene rings is 2. The molecule has 1 aromatic heterocycles. The Balaban J connectivity index is 1.33. The van der Waals surface area contributed by atoms with Gasteiger partial charge in [-0.05, 0) is 98.2 Å². The van der Waals surface area contributed by atoms with Crippen molar-refractivity contribution < 1.29 is 32.2 Å². The molecule has 2 aromatic carbocycles. The number of thioether (sulfide) groups is 1. The number of methoxy groups -OCH3 is 1. The number of hydrogen-bond acceptors (Lipinski definition) is 5. The van der Waals surface area contributed by atoms with Gasteiger partial charge < -0.3 is 14.7 Å². The number of rotatable bonds is 12. The predicted molar refractivity (Wildman–Crippen MR) is 148 cm³/mol. The van der Waals surface area contributed by atoms with E-state index in [0.29, 0.717) is 41.8 Å². The Morgan fingerprint density at radius 2 is 1.93 bits per heavy atom. The fraction of sp³-hybridized carbons (Fsp3) is 0.467. The van der Waals surface area contributed by atoms with Crippen LogP contribution < -0.4 is 4.74 Å².